The lowest BCUT2D eigenvalue weighted by Crippen LogP contribution is -2.11. The first-order valence-corrected chi connectivity index (χ1v) is 8.89. The van der Waals surface area contributed by atoms with Crippen molar-refractivity contribution in [2.24, 2.45) is 5.10 Å². The molecule has 0 unspecified atom stereocenters. The molecular formula is C20H16ClN5. The Balaban J connectivity index is 1.47. The number of pyridine rings is 1. The van der Waals surface area contributed by atoms with E-state index in [-0.39, 0.29) is 6.04 Å². The van der Waals surface area contributed by atoms with E-state index in [4.69, 9.17) is 11.6 Å². The van der Waals surface area contributed by atoms with E-state index in [9.17, 15) is 0 Å². The lowest BCUT2D eigenvalue weighted by molar-refractivity contribution is 0.619. The fraction of sp³-hybridized carbons (Fsp3) is 0.150. The third-order valence-electron chi connectivity index (χ3n) is 4.74. The van der Waals surface area contributed by atoms with Crippen molar-refractivity contribution in [1.29, 1.82) is 0 Å². The summed E-state index contributed by atoms with van der Waals surface area (Å²) in [6, 6.07) is 16.3. The normalized spacial score (nSPS) is 16.8. The highest BCUT2D eigenvalue weighted by Gasteiger charge is 2.25. The number of rotatable bonds is 2. The minimum Gasteiger partial charge on any atom is -0.337 e. The molecular weight excluding hydrogens is 346 g/mol. The number of aryl methyl sites for hydroxylation is 1. The molecule has 1 aliphatic rings. The topological polar surface area (TPSA) is 66.0 Å². The molecule has 1 aliphatic heterocycles. The first-order chi connectivity index (χ1) is 12.7. The van der Waals surface area contributed by atoms with Crippen LogP contribution >= 0.6 is 11.6 Å². The Labute approximate surface area is 155 Å². The van der Waals surface area contributed by atoms with Crippen molar-refractivity contribution in [2.45, 2.75) is 19.4 Å². The van der Waals surface area contributed by atoms with Gasteiger partial charge in [-0.25, -0.2) is 9.97 Å². The average Bonchev–Trinajstić information content (AvgIpc) is 3.27. The smallest absolute Gasteiger partial charge is 0.154 e. The number of hydrazone groups is 1. The summed E-state index contributed by atoms with van der Waals surface area (Å²) in [5.74, 6) is 0.793. The summed E-state index contributed by atoms with van der Waals surface area (Å²) in [6.07, 6.45) is 0.707. The summed E-state index contributed by atoms with van der Waals surface area (Å²) in [5.41, 5.74) is 9.07. The van der Waals surface area contributed by atoms with Gasteiger partial charge in [0.05, 0.1) is 22.6 Å². The molecule has 0 fully saturated rings. The summed E-state index contributed by atoms with van der Waals surface area (Å²) in [4.78, 5) is 12.5. The van der Waals surface area contributed by atoms with Crippen molar-refractivity contribution in [3.63, 3.8) is 0 Å². The number of aromatic amines is 1. The van der Waals surface area contributed by atoms with Crippen molar-refractivity contribution in [3.05, 3.63) is 70.6 Å². The van der Waals surface area contributed by atoms with Gasteiger partial charge >= 0.3 is 0 Å². The predicted octanol–water partition coefficient (Wildman–Crippen LogP) is 4.51. The molecule has 0 saturated heterocycles. The number of para-hydroxylation sites is 2. The fourth-order valence-electron chi connectivity index (χ4n) is 3.37. The quantitative estimate of drug-likeness (QED) is 0.516. The minimum atomic E-state index is -0.0103. The second kappa shape index (κ2) is 5.81. The van der Waals surface area contributed by atoms with E-state index < -0.39 is 0 Å². The maximum atomic E-state index is 6.47. The van der Waals surface area contributed by atoms with Gasteiger partial charge in [-0.2, -0.15) is 5.10 Å². The molecule has 0 amide bonds. The van der Waals surface area contributed by atoms with Crippen LogP contribution in [0.15, 0.2) is 53.6 Å². The number of imidazole rings is 1. The minimum absolute atomic E-state index is 0.0103. The van der Waals surface area contributed by atoms with Crippen molar-refractivity contribution in [3.8, 4) is 0 Å². The Morgan fingerprint density at radius 3 is 2.81 bits per heavy atom. The SMILES string of the molecule is Cc1ccc2cc([C@H]3CC(c4nc5ccccc5[nH]4)=NN3)c(Cl)nc2c1. The second-order valence-electron chi connectivity index (χ2n) is 6.61. The summed E-state index contributed by atoms with van der Waals surface area (Å²) >= 11 is 6.47. The Morgan fingerprint density at radius 2 is 1.92 bits per heavy atom. The number of benzene rings is 2. The van der Waals surface area contributed by atoms with Gasteiger partial charge in [0.25, 0.3) is 0 Å². The number of hydrogen-bond donors (Lipinski definition) is 2. The molecule has 26 heavy (non-hydrogen) atoms. The molecule has 0 radical (unpaired) electrons. The van der Waals surface area contributed by atoms with E-state index in [1.807, 2.05) is 30.3 Å². The molecule has 2 aromatic carbocycles. The van der Waals surface area contributed by atoms with Crippen LogP contribution in [-0.2, 0) is 0 Å². The van der Waals surface area contributed by atoms with E-state index in [1.165, 1.54) is 5.56 Å². The Bertz CT molecular complexity index is 1140. The number of nitrogens with zero attached hydrogens (tertiary/aromatic N) is 3. The lowest BCUT2D eigenvalue weighted by atomic mass is 10.0. The molecule has 4 aromatic rings. The second-order valence-corrected chi connectivity index (χ2v) is 6.97. The summed E-state index contributed by atoms with van der Waals surface area (Å²) in [5, 5.41) is 6.07. The van der Waals surface area contributed by atoms with E-state index in [0.29, 0.717) is 11.6 Å². The van der Waals surface area contributed by atoms with Crippen molar-refractivity contribution >= 4 is 39.2 Å². The Kier molecular flexibility index (Phi) is 3.43. The maximum Gasteiger partial charge on any atom is 0.154 e. The molecule has 1 atom stereocenters. The highest BCUT2D eigenvalue weighted by molar-refractivity contribution is 6.30. The molecule has 2 aromatic heterocycles. The van der Waals surface area contributed by atoms with Gasteiger partial charge in [-0.1, -0.05) is 35.9 Å². The molecule has 5 rings (SSSR count). The maximum absolute atomic E-state index is 6.47. The van der Waals surface area contributed by atoms with Gasteiger partial charge in [0, 0.05) is 17.4 Å². The van der Waals surface area contributed by atoms with Crippen LogP contribution in [0.3, 0.4) is 0 Å². The van der Waals surface area contributed by atoms with Gasteiger partial charge in [-0.15, -0.1) is 0 Å². The zero-order valence-corrected chi connectivity index (χ0v) is 14.9. The number of halogens is 1. The summed E-state index contributed by atoms with van der Waals surface area (Å²) in [7, 11) is 0. The molecule has 3 heterocycles. The van der Waals surface area contributed by atoms with E-state index in [1.54, 1.807) is 0 Å². The first-order valence-electron chi connectivity index (χ1n) is 8.51. The zero-order chi connectivity index (χ0) is 17.7. The molecule has 0 aliphatic carbocycles. The molecule has 0 bridgehead atoms. The van der Waals surface area contributed by atoms with E-state index >= 15 is 0 Å². The van der Waals surface area contributed by atoms with Crippen LogP contribution in [0.5, 0.6) is 0 Å². The van der Waals surface area contributed by atoms with Gasteiger partial charge in [-0.05, 0) is 36.8 Å². The van der Waals surface area contributed by atoms with Crippen LogP contribution in [0.1, 0.15) is 29.4 Å². The van der Waals surface area contributed by atoms with Gasteiger partial charge in [0.2, 0.25) is 0 Å². The van der Waals surface area contributed by atoms with Gasteiger partial charge in [0.1, 0.15) is 10.9 Å². The molecule has 128 valence electrons. The molecule has 2 N–H and O–H groups in total. The number of nitrogens with one attached hydrogen (secondary N) is 2. The number of aromatic nitrogens is 3. The Morgan fingerprint density at radius 1 is 1.04 bits per heavy atom. The third kappa shape index (κ3) is 2.52. The largest absolute Gasteiger partial charge is 0.337 e. The monoisotopic (exact) mass is 361 g/mol. The van der Waals surface area contributed by atoms with Crippen LogP contribution in [0.25, 0.3) is 21.9 Å². The van der Waals surface area contributed by atoms with Gasteiger partial charge < -0.3 is 10.4 Å². The molecule has 0 saturated carbocycles. The van der Waals surface area contributed by atoms with E-state index in [0.717, 1.165) is 39.0 Å². The average molecular weight is 362 g/mol. The van der Waals surface area contributed by atoms with Crippen molar-refractivity contribution in [1.82, 2.24) is 20.4 Å². The summed E-state index contributed by atoms with van der Waals surface area (Å²) < 4.78 is 0. The number of hydrogen-bond acceptors (Lipinski definition) is 4. The predicted molar refractivity (Wildman–Crippen MR) is 105 cm³/mol. The molecule has 0 spiro atoms. The highest BCUT2D eigenvalue weighted by Crippen LogP contribution is 2.31. The van der Waals surface area contributed by atoms with Crippen LogP contribution in [-0.4, -0.2) is 20.7 Å². The third-order valence-corrected chi connectivity index (χ3v) is 5.05. The number of fused-ring (bicyclic) bond motifs is 2. The van der Waals surface area contributed by atoms with Crippen LogP contribution in [0, 0.1) is 6.92 Å². The lowest BCUT2D eigenvalue weighted by Gasteiger charge is -2.13. The Hall–Kier alpha value is -2.92. The van der Waals surface area contributed by atoms with Crippen molar-refractivity contribution < 1.29 is 0 Å². The highest BCUT2D eigenvalue weighted by atomic mass is 35.5. The first kappa shape index (κ1) is 15.3. The van der Waals surface area contributed by atoms with Crippen LogP contribution in [0.4, 0.5) is 0 Å². The standard InChI is InChI=1S/C20H16ClN5/c1-11-6-7-12-9-13(19(21)22-16(12)8-11)17-10-18(26-25-17)20-23-14-4-2-3-5-15(14)24-20/h2-9,17,25H,10H2,1H3,(H,23,24)/t17-/m1/s1. The van der Waals surface area contributed by atoms with Gasteiger partial charge in [-0.3, -0.25) is 0 Å². The van der Waals surface area contributed by atoms with E-state index in [2.05, 4.69) is 50.6 Å². The zero-order valence-electron chi connectivity index (χ0n) is 14.1. The molecule has 6 heteroatoms. The van der Waals surface area contributed by atoms with Crippen LogP contribution in [0.2, 0.25) is 5.15 Å². The van der Waals surface area contributed by atoms with Gasteiger partial charge in [0.15, 0.2) is 5.82 Å². The fourth-order valence-corrected chi connectivity index (χ4v) is 3.65. The number of H-pyrrole nitrogens is 1. The molecule has 5 nitrogen and oxygen atoms in total. The van der Waals surface area contributed by atoms with Crippen molar-refractivity contribution in [2.75, 3.05) is 0 Å². The van der Waals surface area contributed by atoms with Crippen LogP contribution < -0.4 is 5.43 Å². The summed E-state index contributed by atoms with van der Waals surface area (Å²) in [6.45, 7) is 2.05.